The average Bonchev–Trinajstić information content (AvgIpc) is 2.49. The van der Waals surface area contributed by atoms with Crippen LogP contribution in [-0.2, 0) is 0 Å². The summed E-state index contributed by atoms with van der Waals surface area (Å²) >= 11 is 0. The highest BCUT2D eigenvalue weighted by atomic mass is 16.6. The smallest absolute Gasteiger partial charge is 0.273 e. The first-order valence-corrected chi connectivity index (χ1v) is 6.13. The first kappa shape index (κ1) is 14.3. The van der Waals surface area contributed by atoms with Gasteiger partial charge in [-0.2, -0.15) is 5.26 Å². The molecular formula is C15H11N3O3. The Kier molecular flexibility index (Phi) is 4.05. The van der Waals surface area contributed by atoms with Crippen molar-refractivity contribution in [2.45, 2.75) is 12.8 Å². The molecule has 0 amide bonds. The number of ketones is 1. The van der Waals surface area contributed by atoms with Crippen LogP contribution in [0.2, 0.25) is 0 Å². The van der Waals surface area contributed by atoms with Crippen LogP contribution < -0.4 is 0 Å². The lowest BCUT2D eigenvalue weighted by atomic mass is 9.92. The number of nitro benzene ring substituents is 1. The molecular weight excluding hydrogens is 270 g/mol. The second-order valence-electron chi connectivity index (χ2n) is 4.47. The molecule has 0 bridgehead atoms. The lowest BCUT2D eigenvalue weighted by Crippen LogP contribution is -2.12. The molecule has 1 heterocycles. The summed E-state index contributed by atoms with van der Waals surface area (Å²) in [6.07, 6.45) is 2.98. The Morgan fingerprint density at radius 3 is 2.76 bits per heavy atom. The number of carbonyl (C=O) groups excluding carboxylic acids is 1. The molecule has 1 aromatic carbocycles. The molecule has 0 N–H and O–H groups in total. The van der Waals surface area contributed by atoms with Gasteiger partial charge in [0.05, 0.1) is 11.0 Å². The van der Waals surface area contributed by atoms with Gasteiger partial charge in [-0.25, -0.2) is 0 Å². The van der Waals surface area contributed by atoms with Crippen molar-refractivity contribution in [3.8, 4) is 6.07 Å². The summed E-state index contributed by atoms with van der Waals surface area (Å²) in [5.41, 5.74) is 0.936. The third-order valence-electron chi connectivity index (χ3n) is 3.10. The fraction of sp³-hybridized carbons (Fsp3) is 0.133. The molecule has 0 saturated carbocycles. The van der Waals surface area contributed by atoms with Crippen LogP contribution in [0.1, 0.15) is 27.4 Å². The van der Waals surface area contributed by atoms with E-state index in [2.05, 4.69) is 4.98 Å². The third kappa shape index (κ3) is 2.92. The predicted molar refractivity (Wildman–Crippen MR) is 74.8 cm³/mol. The first-order chi connectivity index (χ1) is 10.0. The molecule has 0 fully saturated rings. The molecule has 1 unspecified atom stereocenters. The van der Waals surface area contributed by atoms with E-state index in [4.69, 9.17) is 0 Å². The van der Waals surface area contributed by atoms with Gasteiger partial charge in [0.25, 0.3) is 5.69 Å². The minimum Gasteiger partial charge on any atom is -0.292 e. The number of nitriles is 1. The summed E-state index contributed by atoms with van der Waals surface area (Å²) in [5.74, 6) is -1.50. The van der Waals surface area contributed by atoms with Gasteiger partial charge < -0.3 is 0 Å². The van der Waals surface area contributed by atoms with Crippen LogP contribution >= 0.6 is 0 Å². The van der Waals surface area contributed by atoms with Crippen LogP contribution in [0.15, 0.2) is 42.7 Å². The molecule has 1 aromatic heterocycles. The van der Waals surface area contributed by atoms with E-state index in [1.807, 2.05) is 6.07 Å². The van der Waals surface area contributed by atoms with Crippen LogP contribution in [0.4, 0.5) is 5.69 Å². The van der Waals surface area contributed by atoms with Crippen LogP contribution in [0.5, 0.6) is 0 Å². The topological polar surface area (TPSA) is 96.9 Å². The van der Waals surface area contributed by atoms with Crippen LogP contribution in [0.3, 0.4) is 0 Å². The van der Waals surface area contributed by atoms with Gasteiger partial charge in [0.1, 0.15) is 5.92 Å². The zero-order chi connectivity index (χ0) is 15.4. The van der Waals surface area contributed by atoms with Gasteiger partial charge in [-0.3, -0.25) is 19.9 Å². The molecule has 6 heteroatoms. The van der Waals surface area contributed by atoms with Crippen molar-refractivity contribution in [2.24, 2.45) is 0 Å². The first-order valence-electron chi connectivity index (χ1n) is 6.13. The second kappa shape index (κ2) is 5.92. The molecule has 0 saturated heterocycles. The number of rotatable bonds is 4. The van der Waals surface area contributed by atoms with E-state index in [1.165, 1.54) is 24.4 Å². The molecule has 1 atom stereocenters. The van der Waals surface area contributed by atoms with E-state index in [-0.39, 0.29) is 11.3 Å². The fourth-order valence-corrected chi connectivity index (χ4v) is 1.96. The van der Waals surface area contributed by atoms with E-state index in [0.29, 0.717) is 11.1 Å². The number of aryl methyl sites for hydroxylation is 1. The van der Waals surface area contributed by atoms with Crippen molar-refractivity contribution >= 4 is 11.5 Å². The van der Waals surface area contributed by atoms with E-state index in [0.717, 1.165) is 0 Å². The number of nitrogens with zero attached hydrogens (tertiary/aromatic N) is 3. The van der Waals surface area contributed by atoms with Crippen molar-refractivity contribution < 1.29 is 9.72 Å². The van der Waals surface area contributed by atoms with Gasteiger partial charge in [-0.05, 0) is 18.6 Å². The van der Waals surface area contributed by atoms with Crippen molar-refractivity contribution in [3.05, 3.63) is 69.5 Å². The Morgan fingerprint density at radius 2 is 2.19 bits per heavy atom. The summed E-state index contributed by atoms with van der Waals surface area (Å²) in [4.78, 5) is 26.6. The molecule has 0 aliphatic carbocycles. The van der Waals surface area contributed by atoms with Crippen molar-refractivity contribution in [1.29, 1.82) is 5.26 Å². The maximum absolute atomic E-state index is 12.4. The van der Waals surface area contributed by atoms with Crippen molar-refractivity contribution in [1.82, 2.24) is 4.98 Å². The van der Waals surface area contributed by atoms with E-state index >= 15 is 0 Å². The van der Waals surface area contributed by atoms with Crippen molar-refractivity contribution in [2.75, 3.05) is 0 Å². The van der Waals surface area contributed by atoms with Crippen LogP contribution in [0.25, 0.3) is 0 Å². The summed E-state index contributed by atoms with van der Waals surface area (Å²) < 4.78 is 0. The quantitative estimate of drug-likeness (QED) is 0.487. The molecule has 2 rings (SSSR count). The van der Waals surface area contributed by atoms with Gasteiger partial charge in [0.2, 0.25) is 0 Å². The average molecular weight is 281 g/mol. The number of hydrogen-bond donors (Lipinski definition) is 0. The van der Waals surface area contributed by atoms with Crippen molar-refractivity contribution in [3.63, 3.8) is 0 Å². The fourth-order valence-electron chi connectivity index (χ4n) is 1.96. The Balaban J connectivity index is 2.42. The normalized spacial score (nSPS) is 11.4. The number of aromatic nitrogens is 1. The maximum atomic E-state index is 12.4. The van der Waals surface area contributed by atoms with Crippen LogP contribution in [-0.4, -0.2) is 15.7 Å². The van der Waals surface area contributed by atoms with E-state index < -0.39 is 16.6 Å². The number of benzene rings is 1. The van der Waals surface area contributed by atoms with Gasteiger partial charge >= 0.3 is 0 Å². The summed E-state index contributed by atoms with van der Waals surface area (Å²) in [6.45, 7) is 1.59. The Hall–Kier alpha value is -3.07. The third-order valence-corrected chi connectivity index (χ3v) is 3.10. The summed E-state index contributed by atoms with van der Waals surface area (Å²) in [5, 5.41) is 20.1. The standard InChI is InChI=1S/C15H11N3O3/c1-10-4-5-11(7-14(10)18(20)21)15(19)13(8-16)12-3-2-6-17-9-12/h2-7,9,13H,1H3. The highest BCUT2D eigenvalue weighted by molar-refractivity contribution is 6.03. The molecule has 2 aromatic rings. The summed E-state index contributed by atoms with van der Waals surface area (Å²) in [7, 11) is 0. The van der Waals surface area contributed by atoms with Gasteiger partial charge in [-0.15, -0.1) is 0 Å². The maximum Gasteiger partial charge on any atom is 0.273 e. The molecule has 21 heavy (non-hydrogen) atoms. The molecule has 0 radical (unpaired) electrons. The van der Waals surface area contributed by atoms with Gasteiger partial charge in [0, 0.05) is 29.6 Å². The number of hydrogen-bond acceptors (Lipinski definition) is 5. The zero-order valence-corrected chi connectivity index (χ0v) is 11.2. The lowest BCUT2D eigenvalue weighted by Gasteiger charge is -2.08. The minimum absolute atomic E-state index is 0.135. The molecule has 0 spiro atoms. The van der Waals surface area contributed by atoms with Gasteiger partial charge in [-0.1, -0.05) is 18.2 Å². The van der Waals surface area contributed by atoms with E-state index in [9.17, 15) is 20.2 Å². The monoisotopic (exact) mass is 281 g/mol. The highest BCUT2D eigenvalue weighted by Gasteiger charge is 2.24. The van der Waals surface area contributed by atoms with Gasteiger partial charge in [0.15, 0.2) is 5.78 Å². The lowest BCUT2D eigenvalue weighted by molar-refractivity contribution is -0.385. The largest absolute Gasteiger partial charge is 0.292 e. The van der Waals surface area contributed by atoms with Crippen LogP contribution in [0, 0.1) is 28.4 Å². The Labute approximate surface area is 120 Å². The highest BCUT2D eigenvalue weighted by Crippen LogP contribution is 2.24. The molecule has 104 valence electrons. The molecule has 0 aliphatic heterocycles. The summed E-state index contributed by atoms with van der Waals surface area (Å²) in [6, 6.07) is 9.38. The zero-order valence-electron chi connectivity index (χ0n) is 11.2. The number of pyridine rings is 1. The minimum atomic E-state index is -1.03. The molecule has 6 nitrogen and oxygen atoms in total. The SMILES string of the molecule is Cc1ccc(C(=O)C(C#N)c2cccnc2)cc1[N+](=O)[O-]. The predicted octanol–water partition coefficient (Wildman–Crippen LogP) is 2.79. The Morgan fingerprint density at radius 1 is 1.43 bits per heavy atom. The number of Topliss-reactive ketones (excluding diaryl/α,β-unsaturated/α-hetero) is 1. The van der Waals surface area contributed by atoms with E-state index in [1.54, 1.807) is 25.3 Å². The number of nitro groups is 1. The number of carbonyl (C=O) groups is 1. The molecule has 0 aliphatic rings. The Bertz CT molecular complexity index is 736. The second-order valence-corrected chi connectivity index (χ2v) is 4.47.